The molecular weight excluding hydrogens is 216 g/mol. The van der Waals surface area contributed by atoms with Crippen LogP contribution in [-0.2, 0) is 12.1 Å². The molecule has 1 fully saturated rings. The SMILES string of the molecule is CCCn1ncc(OC)c1C1(O)CCC(C)C1. The molecule has 0 radical (unpaired) electrons. The summed E-state index contributed by atoms with van der Waals surface area (Å²) in [4.78, 5) is 0. The number of methoxy groups -OCH3 is 1. The summed E-state index contributed by atoms with van der Waals surface area (Å²) in [6.45, 7) is 5.12. The second-order valence-corrected chi connectivity index (χ2v) is 5.16. The molecule has 0 aliphatic heterocycles. The first-order valence-electron chi connectivity index (χ1n) is 6.43. The van der Waals surface area contributed by atoms with Crippen LogP contribution < -0.4 is 4.74 Å². The minimum absolute atomic E-state index is 0.565. The molecule has 4 nitrogen and oxygen atoms in total. The van der Waals surface area contributed by atoms with Crippen molar-refractivity contribution in [2.75, 3.05) is 7.11 Å². The number of nitrogens with zero attached hydrogens (tertiary/aromatic N) is 2. The van der Waals surface area contributed by atoms with Gasteiger partial charge >= 0.3 is 0 Å². The van der Waals surface area contributed by atoms with E-state index in [9.17, 15) is 5.11 Å². The highest BCUT2D eigenvalue weighted by Crippen LogP contribution is 2.44. The van der Waals surface area contributed by atoms with E-state index in [-0.39, 0.29) is 0 Å². The fourth-order valence-electron chi connectivity index (χ4n) is 2.85. The van der Waals surface area contributed by atoms with Crippen molar-refractivity contribution in [2.45, 2.75) is 51.7 Å². The molecule has 0 amide bonds. The van der Waals surface area contributed by atoms with Gasteiger partial charge in [0.25, 0.3) is 0 Å². The molecule has 0 spiro atoms. The first-order chi connectivity index (χ1) is 8.10. The van der Waals surface area contributed by atoms with Crippen LogP contribution in [0.3, 0.4) is 0 Å². The number of ether oxygens (including phenoxy) is 1. The Morgan fingerprint density at radius 2 is 2.41 bits per heavy atom. The molecule has 1 saturated carbocycles. The van der Waals surface area contributed by atoms with Gasteiger partial charge in [0.2, 0.25) is 0 Å². The summed E-state index contributed by atoms with van der Waals surface area (Å²) in [6, 6.07) is 0. The Bertz CT molecular complexity index is 389. The van der Waals surface area contributed by atoms with Crippen LogP contribution in [0.4, 0.5) is 0 Å². The normalized spacial score (nSPS) is 28.6. The molecule has 0 bridgehead atoms. The standard InChI is InChI=1S/C13H22N2O2/c1-4-7-15-12(11(17-3)9-14-15)13(16)6-5-10(2)8-13/h9-10,16H,4-8H2,1-3H3. The summed E-state index contributed by atoms with van der Waals surface area (Å²) < 4.78 is 7.24. The van der Waals surface area contributed by atoms with Crippen LogP contribution >= 0.6 is 0 Å². The van der Waals surface area contributed by atoms with Gasteiger partial charge in [-0.1, -0.05) is 13.8 Å². The molecule has 1 aromatic heterocycles. The number of hydrogen-bond donors (Lipinski definition) is 1. The lowest BCUT2D eigenvalue weighted by molar-refractivity contribution is 0.0288. The van der Waals surface area contributed by atoms with Crippen molar-refractivity contribution in [3.63, 3.8) is 0 Å². The Labute approximate surface area is 103 Å². The highest BCUT2D eigenvalue weighted by atomic mass is 16.5. The maximum absolute atomic E-state index is 10.8. The van der Waals surface area contributed by atoms with E-state index in [4.69, 9.17) is 4.74 Å². The third kappa shape index (κ3) is 2.18. The number of hydrogen-bond acceptors (Lipinski definition) is 3. The van der Waals surface area contributed by atoms with Crippen molar-refractivity contribution in [2.24, 2.45) is 5.92 Å². The molecule has 17 heavy (non-hydrogen) atoms. The van der Waals surface area contributed by atoms with Gasteiger partial charge in [-0.15, -0.1) is 0 Å². The lowest BCUT2D eigenvalue weighted by atomic mass is 9.95. The monoisotopic (exact) mass is 238 g/mol. The van der Waals surface area contributed by atoms with Crippen molar-refractivity contribution in [3.05, 3.63) is 11.9 Å². The smallest absolute Gasteiger partial charge is 0.162 e. The third-order valence-corrected chi connectivity index (χ3v) is 3.64. The van der Waals surface area contributed by atoms with Crippen molar-refractivity contribution in [1.29, 1.82) is 0 Å². The van der Waals surface area contributed by atoms with Crippen LogP contribution in [0.15, 0.2) is 6.20 Å². The zero-order valence-electron chi connectivity index (χ0n) is 10.9. The summed E-state index contributed by atoms with van der Waals surface area (Å²) in [6.07, 6.45) is 5.39. The lowest BCUT2D eigenvalue weighted by Gasteiger charge is -2.24. The molecule has 1 aliphatic carbocycles. The number of rotatable bonds is 4. The molecule has 96 valence electrons. The molecule has 1 N–H and O–H groups in total. The average molecular weight is 238 g/mol. The van der Waals surface area contributed by atoms with Gasteiger partial charge in [0.15, 0.2) is 5.75 Å². The van der Waals surface area contributed by atoms with E-state index in [1.807, 2.05) is 4.68 Å². The predicted molar refractivity (Wildman–Crippen MR) is 66.0 cm³/mol. The van der Waals surface area contributed by atoms with Gasteiger partial charge in [0.05, 0.1) is 13.3 Å². The second kappa shape index (κ2) is 4.69. The first-order valence-corrected chi connectivity index (χ1v) is 6.43. The lowest BCUT2D eigenvalue weighted by Crippen LogP contribution is -2.27. The summed E-state index contributed by atoms with van der Waals surface area (Å²) in [5.74, 6) is 1.28. The van der Waals surface area contributed by atoms with E-state index in [1.165, 1.54) is 0 Å². The summed E-state index contributed by atoms with van der Waals surface area (Å²) >= 11 is 0. The minimum atomic E-state index is -0.754. The maximum atomic E-state index is 10.8. The van der Waals surface area contributed by atoms with E-state index in [1.54, 1.807) is 13.3 Å². The molecule has 4 heteroatoms. The quantitative estimate of drug-likeness (QED) is 0.875. The Kier molecular flexibility index (Phi) is 3.43. The van der Waals surface area contributed by atoms with Crippen molar-refractivity contribution >= 4 is 0 Å². The molecule has 1 aliphatic rings. The third-order valence-electron chi connectivity index (χ3n) is 3.64. The van der Waals surface area contributed by atoms with E-state index >= 15 is 0 Å². The Hall–Kier alpha value is -1.03. The minimum Gasteiger partial charge on any atom is -0.493 e. The van der Waals surface area contributed by atoms with Crippen LogP contribution in [0.2, 0.25) is 0 Å². The fraction of sp³-hybridized carbons (Fsp3) is 0.769. The average Bonchev–Trinajstić information content (AvgIpc) is 2.84. The van der Waals surface area contributed by atoms with Gasteiger partial charge < -0.3 is 9.84 Å². The summed E-state index contributed by atoms with van der Waals surface area (Å²) in [7, 11) is 1.64. The fourth-order valence-corrected chi connectivity index (χ4v) is 2.85. The zero-order valence-corrected chi connectivity index (χ0v) is 10.9. The second-order valence-electron chi connectivity index (χ2n) is 5.16. The first kappa shape index (κ1) is 12.4. The van der Waals surface area contributed by atoms with Crippen LogP contribution in [0.25, 0.3) is 0 Å². The van der Waals surface area contributed by atoms with Gasteiger partial charge in [-0.3, -0.25) is 4.68 Å². The van der Waals surface area contributed by atoms with Crippen LogP contribution in [-0.4, -0.2) is 22.0 Å². The molecule has 2 unspecified atom stereocenters. The van der Waals surface area contributed by atoms with Crippen molar-refractivity contribution in [1.82, 2.24) is 9.78 Å². The van der Waals surface area contributed by atoms with Gasteiger partial charge in [-0.25, -0.2) is 0 Å². The van der Waals surface area contributed by atoms with Gasteiger partial charge in [0, 0.05) is 6.54 Å². The molecule has 1 aromatic rings. The van der Waals surface area contributed by atoms with Crippen LogP contribution in [0, 0.1) is 5.92 Å². The topological polar surface area (TPSA) is 47.3 Å². The number of aromatic nitrogens is 2. The predicted octanol–water partition coefficient (Wildman–Crippen LogP) is 2.31. The summed E-state index contributed by atoms with van der Waals surface area (Å²) in [5.41, 5.74) is 0.113. The maximum Gasteiger partial charge on any atom is 0.162 e. The number of aliphatic hydroxyl groups is 1. The molecular formula is C13H22N2O2. The Morgan fingerprint density at radius 1 is 1.65 bits per heavy atom. The van der Waals surface area contributed by atoms with E-state index in [0.717, 1.165) is 43.7 Å². The Morgan fingerprint density at radius 3 is 2.94 bits per heavy atom. The molecule has 2 rings (SSSR count). The van der Waals surface area contributed by atoms with Crippen molar-refractivity contribution < 1.29 is 9.84 Å². The summed E-state index contributed by atoms with van der Waals surface area (Å²) in [5, 5.41) is 15.1. The molecule has 0 aromatic carbocycles. The largest absolute Gasteiger partial charge is 0.493 e. The van der Waals surface area contributed by atoms with E-state index < -0.39 is 5.60 Å². The van der Waals surface area contributed by atoms with Gasteiger partial charge in [0.1, 0.15) is 11.3 Å². The van der Waals surface area contributed by atoms with Crippen LogP contribution in [0.1, 0.15) is 45.2 Å². The van der Waals surface area contributed by atoms with Crippen molar-refractivity contribution in [3.8, 4) is 5.75 Å². The van der Waals surface area contributed by atoms with Gasteiger partial charge in [-0.2, -0.15) is 5.10 Å². The van der Waals surface area contributed by atoms with Crippen LogP contribution in [0.5, 0.6) is 5.75 Å². The number of aryl methyl sites for hydroxylation is 1. The Balaban J connectivity index is 2.38. The highest BCUT2D eigenvalue weighted by molar-refractivity contribution is 5.31. The highest BCUT2D eigenvalue weighted by Gasteiger charge is 2.41. The molecule has 2 atom stereocenters. The molecule has 1 heterocycles. The van der Waals surface area contributed by atoms with Gasteiger partial charge in [-0.05, 0) is 31.6 Å². The van der Waals surface area contributed by atoms with E-state index in [0.29, 0.717) is 5.92 Å². The zero-order chi connectivity index (χ0) is 12.5. The van der Waals surface area contributed by atoms with E-state index in [2.05, 4.69) is 18.9 Å². The molecule has 0 saturated heterocycles.